The van der Waals surface area contributed by atoms with Crippen LogP contribution in [0.4, 0.5) is 0 Å². The Morgan fingerprint density at radius 1 is 1.27 bits per heavy atom. The first-order valence-electron chi connectivity index (χ1n) is 5.63. The third kappa shape index (κ3) is 1.65. The lowest BCUT2D eigenvalue weighted by atomic mass is 9.77. The Morgan fingerprint density at radius 2 is 2.00 bits per heavy atom. The summed E-state index contributed by atoms with van der Waals surface area (Å²) < 4.78 is 0. The van der Waals surface area contributed by atoms with Crippen LogP contribution in [0.15, 0.2) is 24.4 Å². The zero-order valence-corrected chi connectivity index (χ0v) is 9.67. The lowest BCUT2D eigenvalue weighted by Gasteiger charge is -2.27. The van der Waals surface area contributed by atoms with Crippen molar-refractivity contribution in [3.8, 4) is 0 Å². The van der Waals surface area contributed by atoms with E-state index in [0.717, 1.165) is 5.52 Å². The minimum atomic E-state index is 0.297. The fourth-order valence-electron chi connectivity index (χ4n) is 1.98. The Hall–Kier alpha value is -1.31. The third-order valence-electron chi connectivity index (χ3n) is 3.70. The van der Waals surface area contributed by atoms with Crippen LogP contribution in [-0.2, 0) is 5.41 Å². The predicted molar refractivity (Wildman–Crippen MR) is 64.0 cm³/mol. The van der Waals surface area contributed by atoms with Gasteiger partial charge >= 0.3 is 0 Å². The van der Waals surface area contributed by atoms with Crippen molar-refractivity contribution in [3.63, 3.8) is 0 Å². The zero-order valence-electron chi connectivity index (χ0n) is 9.67. The van der Waals surface area contributed by atoms with E-state index in [1.165, 1.54) is 23.8 Å². The van der Waals surface area contributed by atoms with Gasteiger partial charge in [-0.25, -0.2) is 0 Å². The topological polar surface area (TPSA) is 28.7 Å². The highest BCUT2D eigenvalue weighted by molar-refractivity contribution is 5.78. The van der Waals surface area contributed by atoms with Gasteiger partial charge in [0.15, 0.2) is 0 Å². The van der Waals surface area contributed by atoms with Gasteiger partial charge in [-0.15, -0.1) is 0 Å². The maximum absolute atomic E-state index is 4.05. The van der Waals surface area contributed by atoms with Gasteiger partial charge in [-0.3, -0.25) is 5.10 Å². The molecule has 2 aromatic rings. The van der Waals surface area contributed by atoms with Crippen molar-refractivity contribution < 1.29 is 0 Å². The second-order valence-corrected chi connectivity index (χ2v) is 4.44. The van der Waals surface area contributed by atoms with E-state index in [1.807, 2.05) is 6.20 Å². The van der Waals surface area contributed by atoms with Gasteiger partial charge in [0.05, 0.1) is 11.7 Å². The van der Waals surface area contributed by atoms with Crippen molar-refractivity contribution >= 4 is 10.9 Å². The van der Waals surface area contributed by atoms with Gasteiger partial charge < -0.3 is 0 Å². The SMILES string of the molecule is CCC(C)(CC)c1ccc2[nH]ncc2c1. The summed E-state index contributed by atoms with van der Waals surface area (Å²) in [5.41, 5.74) is 2.83. The molecule has 80 valence electrons. The number of benzene rings is 1. The van der Waals surface area contributed by atoms with Crippen molar-refractivity contribution in [1.82, 2.24) is 10.2 Å². The van der Waals surface area contributed by atoms with E-state index in [-0.39, 0.29) is 0 Å². The molecule has 0 aliphatic rings. The molecule has 1 heterocycles. The Balaban J connectivity index is 2.51. The number of nitrogens with one attached hydrogen (secondary N) is 1. The van der Waals surface area contributed by atoms with Crippen molar-refractivity contribution in [2.75, 3.05) is 0 Å². The number of H-pyrrole nitrogens is 1. The maximum Gasteiger partial charge on any atom is 0.0650 e. The fraction of sp³-hybridized carbons (Fsp3) is 0.462. The number of aromatic amines is 1. The molecule has 1 aromatic carbocycles. The van der Waals surface area contributed by atoms with E-state index >= 15 is 0 Å². The molecule has 0 bridgehead atoms. The standard InChI is InChI=1S/C13H18N2/c1-4-13(3,5-2)11-6-7-12-10(8-11)9-14-15-12/h6-9H,4-5H2,1-3H3,(H,14,15). The quantitative estimate of drug-likeness (QED) is 0.808. The maximum atomic E-state index is 4.05. The van der Waals surface area contributed by atoms with Crippen molar-refractivity contribution in [1.29, 1.82) is 0 Å². The van der Waals surface area contributed by atoms with Crippen molar-refractivity contribution in [2.24, 2.45) is 0 Å². The van der Waals surface area contributed by atoms with Gasteiger partial charge in [0, 0.05) is 5.39 Å². The molecule has 0 spiro atoms. The molecule has 0 saturated heterocycles. The molecular formula is C13H18N2. The number of hydrogen-bond acceptors (Lipinski definition) is 1. The van der Waals surface area contributed by atoms with E-state index in [9.17, 15) is 0 Å². The highest BCUT2D eigenvalue weighted by Gasteiger charge is 2.22. The van der Waals surface area contributed by atoms with Crippen LogP contribution in [0.25, 0.3) is 10.9 Å². The molecule has 15 heavy (non-hydrogen) atoms. The van der Waals surface area contributed by atoms with Crippen LogP contribution in [-0.4, -0.2) is 10.2 Å². The van der Waals surface area contributed by atoms with Gasteiger partial charge in [0.25, 0.3) is 0 Å². The van der Waals surface area contributed by atoms with E-state index in [1.54, 1.807) is 0 Å². The molecule has 2 heteroatoms. The molecule has 2 nitrogen and oxygen atoms in total. The van der Waals surface area contributed by atoms with Gasteiger partial charge in [0.2, 0.25) is 0 Å². The largest absolute Gasteiger partial charge is 0.278 e. The summed E-state index contributed by atoms with van der Waals surface area (Å²) >= 11 is 0. The summed E-state index contributed by atoms with van der Waals surface area (Å²) in [7, 11) is 0. The van der Waals surface area contributed by atoms with E-state index in [0.29, 0.717) is 5.41 Å². The van der Waals surface area contributed by atoms with Crippen LogP contribution in [0.5, 0.6) is 0 Å². The molecule has 0 saturated carbocycles. The average molecular weight is 202 g/mol. The van der Waals surface area contributed by atoms with Gasteiger partial charge in [-0.1, -0.05) is 26.8 Å². The molecule has 0 atom stereocenters. The molecule has 0 radical (unpaired) electrons. The molecule has 1 N–H and O–H groups in total. The van der Waals surface area contributed by atoms with Crippen LogP contribution in [0.2, 0.25) is 0 Å². The third-order valence-corrected chi connectivity index (χ3v) is 3.70. The number of hydrogen-bond donors (Lipinski definition) is 1. The molecule has 0 aliphatic carbocycles. The van der Waals surface area contributed by atoms with Gasteiger partial charge in [-0.2, -0.15) is 5.10 Å². The van der Waals surface area contributed by atoms with Crippen LogP contribution in [0, 0.1) is 0 Å². The van der Waals surface area contributed by atoms with Crippen LogP contribution in [0.3, 0.4) is 0 Å². The van der Waals surface area contributed by atoms with Gasteiger partial charge in [0.1, 0.15) is 0 Å². The molecule has 2 rings (SSSR count). The number of aromatic nitrogens is 2. The molecule has 0 unspecified atom stereocenters. The first kappa shape index (κ1) is 10.2. The number of rotatable bonds is 3. The second-order valence-electron chi connectivity index (χ2n) is 4.44. The summed E-state index contributed by atoms with van der Waals surface area (Å²) in [6, 6.07) is 6.60. The Bertz CT molecular complexity index is 452. The van der Waals surface area contributed by atoms with Gasteiger partial charge in [-0.05, 0) is 36.0 Å². The Morgan fingerprint density at radius 3 is 2.67 bits per heavy atom. The molecular weight excluding hydrogens is 184 g/mol. The Kier molecular flexibility index (Phi) is 2.51. The van der Waals surface area contributed by atoms with Crippen molar-refractivity contribution in [3.05, 3.63) is 30.0 Å². The monoisotopic (exact) mass is 202 g/mol. The highest BCUT2D eigenvalue weighted by Crippen LogP contribution is 2.32. The summed E-state index contributed by atoms with van der Waals surface area (Å²) in [4.78, 5) is 0. The number of fused-ring (bicyclic) bond motifs is 1. The summed E-state index contributed by atoms with van der Waals surface area (Å²) in [5.74, 6) is 0. The first-order chi connectivity index (χ1) is 7.19. The van der Waals surface area contributed by atoms with Crippen LogP contribution >= 0.6 is 0 Å². The van der Waals surface area contributed by atoms with Crippen LogP contribution < -0.4 is 0 Å². The molecule has 1 aromatic heterocycles. The predicted octanol–water partition coefficient (Wildman–Crippen LogP) is 3.64. The molecule has 0 aliphatic heterocycles. The smallest absolute Gasteiger partial charge is 0.0650 e. The lowest BCUT2D eigenvalue weighted by Crippen LogP contribution is -2.19. The second kappa shape index (κ2) is 3.69. The normalized spacial score (nSPS) is 12.2. The summed E-state index contributed by atoms with van der Waals surface area (Å²) in [6.07, 6.45) is 4.24. The van der Waals surface area contributed by atoms with E-state index in [2.05, 4.69) is 49.2 Å². The lowest BCUT2D eigenvalue weighted by molar-refractivity contribution is 0.439. The van der Waals surface area contributed by atoms with Crippen LogP contribution in [0.1, 0.15) is 39.2 Å². The summed E-state index contributed by atoms with van der Waals surface area (Å²) in [5, 5.41) is 8.24. The minimum Gasteiger partial charge on any atom is -0.278 e. The van der Waals surface area contributed by atoms with E-state index < -0.39 is 0 Å². The highest BCUT2D eigenvalue weighted by atomic mass is 15.1. The van der Waals surface area contributed by atoms with E-state index in [4.69, 9.17) is 0 Å². The zero-order chi connectivity index (χ0) is 10.9. The number of nitrogens with zero attached hydrogens (tertiary/aromatic N) is 1. The molecule has 0 fully saturated rings. The van der Waals surface area contributed by atoms with Crippen molar-refractivity contribution in [2.45, 2.75) is 39.0 Å². The fourth-order valence-corrected chi connectivity index (χ4v) is 1.98. The minimum absolute atomic E-state index is 0.297. The summed E-state index contributed by atoms with van der Waals surface area (Å²) in [6.45, 7) is 6.83. The Labute approximate surface area is 90.7 Å². The first-order valence-corrected chi connectivity index (χ1v) is 5.63. The average Bonchev–Trinajstić information content (AvgIpc) is 2.74. The molecule has 0 amide bonds.